The van der Waals surface area contributed by atoms with Gasteiger partial charge in [-0.2, -0.15) is 5.26 Å². The Labute approximate surface area is 342 Å². The van der Waals surface area contributed by atoms with E-state index >= 15 is 0 Å². The first-order valence-electron chi connectivity index (χ1n) is 19.4. The topological polar surface area (TPSA) is 49.6 Å². The van der Waals surface area contributed by atoms with E-state index in [0.717, 1.165) is 39.2 Å². The standard InChI is InChI=1S/C54H33N3S/c55-34-35-19-21-38(22-20-35)41-27-29-43-44-30-28-42(32-48(44)54(47(43)31-41)45-15-7-9-17-51(45)58-52-18-10-8-16-46(52)54)53-56-49(39-13-5-2-6-14-39)33-50(57-53)40-25-23-37(24-26-40)36-11-3-1-4-12-36/h1-33H. The zero-order valence-electron chi connectivity index (χ0n) is 31.3. The lowest BCUT2D eigenvalue weighted by molar-refractivity contribution is 0.722. The number of hydrogen-bond acceptors (Lipinski definition) is 4. The second-order valence-corrected chi connectivity index (χ2v) is 15.9. The van der Waals surface area contributed by atoms with Gasteiger partial charge in [-0.3, -0.25) is 0 Å². The fourth-order valence-corrected chi connectivity index (χ4v) is 10.1. The highest BCUT2D eigenvalue weighted by Gasteiger charge is 2.50. The van der Waals surface area contributed by atoms with Crippen LogP contribution in [0.25, 0.3) is 67.3 Å². The van der Waals surface area contributed by atoms with Crippen molar-refractivity contribution in [2.75, 3.05) is 0 Å². The predicted octanol–water partition coefficient (Wildman–Crippen LogP) is 13.5. The van der Waals surface area contributed by atoms with E-state index in [1.54, 1.807) is 0 Å². The summed E-state index contributed by atoms with van der Waals surface area (Å²) in [7, 11) is 0. The predicted molar refractivity (Wildman–Crippen MR) is 235 cm³/mol. The van der Waals surface area contributed by atoms with Crippen LogP contribution in [0.2, 0.25) is 0 Å². The van der Waals surface area contributed by atoms with Crippen molar-refractivity contribution in [2.45, 2.75) is 15.2 Å². The van der Waals surface area contributed by atoms with E-state index in [9.17, 15) is 5.26 Å². The van der Waals surface area contributed by atoms with Gasteiger partial charge in [0.2, 0.25) is 0 Å². The Hall–Kier alpha value is -7.32. The number of hydrogen-bond donors (Lipinski definition) is 0. The highest BCUT2D eigenvalue weighted by molar-refractivity contribution is 7.99. The summed E-state index contributed by atoms with van der Waals surface area (Å²) < 4.78 is 0. The number of rotatable bonds is 5. The first-order chi connectivity index (χ1) is 28.7. The monoisotopic (exact) mass is 755 g/mol. The zero-order valence-corrected chi connectivity index (χ0v) is 32.1. The van der Waals surface area contributed by atoms with Crippen LogP contribution in [0.3, 0.4) is 0 Å². The lowest BCUT2D eigenvalue weighted by Crippen LogP contribution is -2.32. The lowest BCUT2D eigenvalue weighted by atomic mass is 9.67. The number of fused-ring (bicyclic) bond motifs is 9. The quantitative estimate of drug-likeness (QED) is 0.175. The van der Waals surface area contributed by atoms with Crippen molar-refractivity contribution in [3.63, 3.8) is 0 Å². The average Bonchev–Trinajstić information content (AvgIpc) is 3.58. The normalized spacial score (nSPS) is 12.9. The maximum absolute atomic E-state index is 9.52. The van der Waals surface area contributed by atoms with Gasteiger partial charge in [-0.05, 0) is 98.1 Å². The summed E-state index contributed by atoms with van der Waals surface area (Å²) in [5.41, 5.74) is 16.8. The molecule has 1 aliphatic carbocycles. The molecule has 0 saturated heterocycles. The van der Waals surface area contributed by atoms with E-state index in [4.69, 9.17) is 9.97 Å². The fraction of sp³-hybridized carbons (Fsp3) is 0.0185. The van der Waals surface area contributed by atoms with Crippen LogP contribution in [0.1, 0.15) is 27.8 Å². The van der Waals surface area contributed by atoms with E-state index in [1.165, 1.54) is 54.3 Å². The van der Waals surface area contributed by atoms with Crippen LogP contribution in [0.4, 0.5) is 0 Å². The van der Waals surface area contributed by atoms with Crippen molar-refractivity contribution in [3.8, 4) is 73.4 Å². The van der Waals surface area contributed by atoms with Crippen LogP contribution in [0, 0.1) is 11.3 Å². The number of benzene rings is 8. The van der Waals surface area contributed by atoms with Gasteiger partial charge in [-0.15, -0.1) is 0 Å². The summed E-state index contributed by atoms with van der Waals surface area (Å²) in [5.74, 6) is 0.683. The second-order valence-electron chi connectivity index (χ2n) is 14.8. The Balaban J connectivity index is 1.13. The van der Waals surface area contributed by atoms with Crippen LogP contribution < -0.4 is 0 Å². The Morgan fingerprint density at radius 1 is 0.379 bits per heavy atom. The molecule has 11 rings (SSSR count). The molecular formula is C54H33N3S. The van der Waals surface area contributed by atoms with Gasteiger partial charge in [0.1, 0.15) is 0 Å². The Bertz CT molecular complexity index is 3030. The van der Waals surface area contributed by atoms with Crippen LogP contribution in [0.5, 0.6) is 0 Å². The van der Waals surface area contributed by atoms with Gasteiger partial charge < -0.3 is 0 Å². The Morgan fingerprint density at radius 3 is 1.41 bits per heavy atom. The summed E-state index contributed by atoms with van der Waals surface area (Å²) in [4.78, 5) is 13.1. The van der Waals surface area contributed by atoms with E-state index in [2.05, 4.69) is 182 Å². The third-order valence-electron chi connectivity index (χ3n) is 11.6. The zero-order chi connectivity index (χ0) is 38.6. The molecule has 0 radical (unpaired) electrons. The largest absolute Gasteiger partial charge is 0.228 e. The molecule has 9 aromatic rings. The molecule has 8 aromatic carbocycles. The van der Waals surface area contributed by atoms with Gasteiger partial charge in [-0.25, -0.2) is 9.97 Å². The molecule has 4 heteroatoms. The molecule has 2 aliphatic rings. The fourth-order valence-electron chi connectivity index (χ4n) is 8.90. The molecule has 0 bridgehead atoms. The molecule has 2 heterocycles. The van der Waals surface area contributed by atoms with Gasteiger partial charge in [0, 0.05) is 26.5 Å². The second kappa shape index (κ2) is 13.7. The number of aromatic nitrogens is 2. The Morgan fingerprint density at radius 2 is 0.810 bits per heavy atom. The first-order valence-corrected chi connectivity index (χ1v) is 20.3. The van der Waals surface area contributed by atoms with E-state index in [0.29, 0.717) is 11.4 Å². The first kappa shape index (κ1) is 34.0. The highest BCUT2D eigenvalue weighted by atomic mass is 32.2. The minimum absolute atomic E-state index is 0.588. The van der Waals surface area contributed by atoms with Crippen LogP contribution in [-0.2, 0) is 5.41 Å². The maximum atomic E-state index is 9.52. The minimum atomic E-state index is -0.588. The third-order valence-corrected chi connectivity index (χ3v) is 12.8. The molecule has 0 fully saturated rings. The Kier molecular flexibility index (Phi) is 8.03. The highest BCUT2D eigenvalue weighted by Crippen LogP contribution is 2.62. The molecule has 0 saturated carbocycles. The molecule has 3 nitrogen and oxygen atoms in total. The maximum Gasteiger partial charge on any atom is 0.160 e. The molecular weight excluding hydrogens is 723 g/mol. The van der Waals surface area contributed by atoms with Gasteiger partial charge in [0.05, 0.1) is 28.4 Å². The van der Waals surface area contributed by atoms with Gasteiger partial charge in [0.25, 0.3) is 0 Å². The summed E-state index contributed by atoms with van der Waals surface area (Å²) in [6.45, 7) is 0. The van der Waals surface area contributed by atoms with Crippen molar-refractivity contribution >= 4 is 11.8 Å². The van der Waals surface area contributed by atoms with Crippen molar-refractivity contribution in [2.24, 2.45) is 0 Å². The van der Waals surface area contributed by atoms with Crippen molar-refractivity contribution < 1.29 is 0 Å². The molecule has 0 N–H and O–H groups in total. The summed E-state index contributed by atoms with van der Waals surface area (Å²) >= 11 is 1.84. The molecule has 1 aromatic heterocycles. The third kappa shape index (κ3) is 5.44. The molecule has 0 atom stereocenters. The molecule has 1 spiro atoms. The SMILES string of the molecule is N#Cc1ccc(-c2ccc3c(c2)C2(c4ccccc4Sc4ccccc42)c2cc(-c4nc(-c5ccccc5)cc(-c5ccc(-c6ccccc6)cc5)n4)ccc2-3)cc1. The van der Waals surface area contributed by atoms with Gasteiger partial charge >= 0.3 is 0 Å². The molecule has 270 valence electrons. The number of nitrogens with zero attached hydrogens (tertiary/aromatic N) is 3. The summed E-state index contributed by atoms with van der Waals surface area (Å²) in [6.07, 6.45) is 0. The van der Waals surface area contributed by atoms with Crippen LogP contribution >= 0.6 is 11.8 Å². The van der Waals surface area contributed by atoms with Crippen LogP contribution in [-0.4, -0.2) is 9.97 Å². The molecule has 0 amide bonds. The smallest absolute Gasteiger partial charge is 0.160 e. The van der Waals surface area contributed by atoms with Crippen molar-refractivity contribution in [3.05, 3.63) is 228 Å². The number of nitriles is 1. The molecule has 58 heavy (non-hydrogen) atoms. The van der Waals surface area contributed by atoms with Gasteiger partial charge in [0.15, 0.2) is 5.82 Å². The van der Waals surface area contributed by atoms with E-state index in [1.807, 2.05) is 36.0 Å². The lowest BCUT2D eigenvalue weighted by Gasteiger charge is -2.39. The van der Waals surface area contributed by atoms with Gasteiger partial charge in [-0.1, -0.05) is 169 Å². The average molecular weight is 756 g/mol. The van der Waals surface area contributed by atoms with Crippen molar-refractivity contribution in [1.29, 1.82) is 5.26 Å². The molecule has 0 unspecified atom stereocenters. The summed E-state index contributed by atoms with van der Waals surface area (Å²) in [5, 5.41) is 9.52. The van der Waals surface area contributed by atoms with Crippen LogP contribution in [0.15, 0.2) is 210 Å². The van der Waals surface area contributed by atoms with E-state index in [-0.39, 0.29) is 0 Å². The summed E-state index contributed by atoms with van der Waals surface area (Å²) in [6, 6.07) is 73.3. The molecule has 1 aliphatic heterocycles. The van der Waals surface area contributed by atoms with Crippen molar-refractivity contribution in [1.82, 2.24) is 9.97 Å². The van der Waals surface area contributed by atoms with E-state index < -0.39 is 5.41 Å². The minimum Gasteiger partial charge on any atom is -0.228 e.